The Morgan fingerprint density at radius 2 is 2.21 bits per heavy atom. The van der Waals surface area contributed by atoms with E-state index in [1.807, 2.05) is 30.1 Å². The zero-order valence-electron chi connectivity index (χ0n) is 12.5. The van der Waals surface area contributed by atoms with E-state index in [1.165, 1.54) is 6.42 Å². The minimum absolute atomic E-state index is 0.0802. The Balaban J connectivity index is 1.86. The molecule has 0 amide bonds. The van der Waals surface area contributed by atoms with E-state index in [-0.39, 0.29) is 18.5 Å². The average Bonchev–Trinajstić information content (AvgIpc) is 2.70. The summed E-state index contributed by atoms with van der Waals surface area (Å²) in [6.45, 7) is 7.06. The van der Waals surface area contributed by atoms with Crippen LogP contribution in [0.2, 0.25) is 0 Å². The predicted molar refractivity (Wildman–Crippen MR) is 76.3 cm³/mol. The maximum atomic E-state index is 12.0. The molecule has 1 aliphatic carbocycles. The normalized spacial score (nSPS) is 26.3. The molecule has 106 valence electrons. The van der Waals surface area contributed by atoms with E-state index in [4.69, 9.17) is 4.74 Å². The van der Waals surface area contributed by atoms with Gasteiger partial charge in [0.05, 0.1) is 6.10 Å². The second-order valence-electron chi connectivity index (χ2n) is 6.84. The molecule has 1 aromatic rings. The SMILES string of the molecule is CC1CC(OCC(=O)c2ccn(C)c2)CC(C)(C)C1. The zero-order chi connectivity index (χ0) is 14.0. The van der Waals surface area contributed by atoms with Crippen molar-refractivity contribution in [1.29, 1.82) is 0 Å². The van der Waals surface area contributed by atoms with Gasteiger partial charge in [0, 0.05) is 25.0 Å². The number of aryl methyl sites for hydroxylation is 1. The van der Waals surface area contributed by atoms with Crippen LogP contribution in [0.5, 0.6) is 0 Å². The van der Waals surface area contributed by atoms with Crippen LogP contribution in [0, 0.1) is 11.3 Å². The lowest BCUT2D eigenvalue weighted by Gasteiger charge is -2.38. The molecule has 1 aromatic heterocycles. The van der Waals surface area contributed by atoms with Crippen LogP contribution >= 0.6 is 0 Å². The first-order valence-corrected chi connectivity index (χ1v) is 7.12. The van der Waals surface area contributed by atoms with Gasteiger partial charge in [0.25, 0.3) is 0 Å². The Morgan fingerprint density at radius 1 is 1.47 bits per heavy atom. The van der Waals surface area contributed by atoms with E-state index in [2.05, 4.69) is 20.8 Å². The van der Waals surface area contributed by atoms with E-state index >= 15 is 0 Å². The summed E-state index contributed by atoms with van der Waals surface area (Å²) in [4.78, 5) is 12.0. The van der Waals surface area contributed by atoms with Crippen molar-refractivity contribution in [3.63, 3.8) is 0 Å². The Bertz CT molecular complexity index is 447. The summed E-state index contributed by atoms with van der Waals surface area (Å²) in [5.41, 5.74) is 1.07. The first-order chi connectivity index (χ1) is 8.85. The highest BCUT2D eigenvalue weighted by atomic mass is 16.5. The van der Waals surface area contributed by atoms with Gasteiger partial charge < -0.3 is 9.30 Å². The zero-order valence-corrected chi connectivity index (χ0v) is 12.5. The third kappa shape index (κ3) is 3.93. The molecule has 0 aliphatic heterocycles. The van der Waals surface area contributed by atoms with Gasteiger partial charge in [-0.05, 0) is 36.7 Å². The van der Waals surface area contributed by atoms with Crippen LogP contribution in [0.3, 0.4) is 0 Å². The molecular formula is C16H25NO2. The summed E-state index contributed by atoms with van der Waals surface area (Å²) in [6.07, 6.45) is 7.34. The molecule has 0 aromatic carbocycles. The molecule has 0 N–H and O–H groups in total. The second-order valence-corrected chi connectivity index (χ2v) is 6.84. The third-order valence-corrected chi connectivity index (χ3v) is 3.95. The van der Waals surface area contributed by atoms with Crippen LogP contribution in [0.15, 0.2) is 18.5 Å². The second kappa shape index (κ2) is 5.49. The van der Waals surface area contributed by atoms with Gasteiger partial charge in [0.1, 0.15) is 6.61 Å². The molecule has 1 saturated carbocycles. The molecule has 3 nitrogen and oxygen atoms in total. The van der Waals surface area contributed by atoms with Crippen molar-refractivity contribution in [2.24, 2.45) is 18.4 Å². The highest BCUT2D eigenvalue weighted by Crippen LogP contribution is 2.39. The molecule has 1 heterocycles. The predicted octanol–water partition coefficient (Wildman–Crippen LogP) is 3.44. The number of rotatable bonds is 4. The molecule has 1 fully saturated rings. The Kier molecular flexibility index (Phi) is 4.14. The molecule has 2 unspecified atom stereocenters. The Labute approximate surface area is 115 Å². The molecular weight excluding hydrogens is 238 g/mol. The molecule has 1 aliphatic rings. The summed E-state index contributed by atoms with van der Waals surface area (Å²) in [6, 6.07) is 1.85. The molecule has 2 rings (SSSR count). The van der Waals surface area contributed by atoms with Crippen LogP contribution in [0.25, 0.3) is 0 Å². The number of carbonyl (C=O) groups is 1. The topological polar surface area (TPSA) is 31.2 Å². The van der Waals surface area contributed by atoms with Crippen molar-refractivity contribution in [2.75, 3.05) is 6.61 Å². The van der Waals surface area contributed by atoms with Crippen molar-refractivity contribution in [1.82, 2.24) is 4.57 Å². The largest absolute Gasteiger partial charge is 0.370 e. The van der Waals surface area contributed by atoms with Crippen LogP contribution in [0.1, 0.15) is 50.4 Å². The lowest BCUT2D eigenvalue weighted by atomic mass is 9.71. The smallest absolute Gasteiger partial charge is 0.189 e. The summed E-state index contributed by atoms with van der Waals surface area (Å²) in [7, 11) is 1.92. The molecule has 0 spiro atoms. The number of ketones is 1. The lowest BCUT2D eigenvalue weighted by molar-refractivity contribution is -0.0167. The van der Waals surface area contributed by atoms with E-state index < -0.39 is 0 Å². The van der Waals surface area contributed by atoms with Crippen molar-refractivity contribution < 1.29 is 9.53 Å². The fourth-order valence-electron chi connectivity index (χ4n) is 3.33. The number of aromatic nitrogens is 1. The van der Waals surface area contributed by atoms with Gasteiger partial charge in [-0.1, -0.05) is 20.8 Å². The fraction of sp³-hybridized carbons (Fsp3) is 0.688. The fourth-order valence-corrected chi connectivity index (χ4v) is 3.33. The molecule has 19 heavy (non-hydrogen) atoms. The number of Topliss-reactive ketones (excluding diaryl/α,β-unsaturated/α-hetero) is 1. The van der Waals surface area contributed by atoms with Crippen molar-refractivity contribution >= 4 is 5.78 Å². The maximum Gasteiger partial charge on any atom is 0.189 e. The number of hydrogen-bond donors (Lipinski definition) is 0. The van der Waals surface area contributed by atoms with Crippen molar-refractivity contribution in [2.45, 2.75) is 46.1 Å². The van der Waals surface area contributed by atoms with Gasteiger partial charge in [-0.15, -0.1) is 0 Å². The Hall–Kier alpha value is -1.09. The third-order valence-electron chi connectivity index (χ3n) is 3.95. The lowest BCUT2D eigenvalue weighted by Crippen LogP contribution is -2.33. The first-order valence-electron chi connectivity index (χ1n) is 7.12. The molecule has 0 radical (unpaired) electrons. The van der Waals surface area contributed by atoms with Crippen LogP contribution in [0.4, 0.5) is 0 Å². The summed E-state index contributed by atoms with van der Waals surface area (Å²) in [5, 5.41) is 0. The van der Waals surface area contributed by atoms with Gasteiger partial charge in [0.2, 0.25) is 0 Å². The van der Waals surface area contributed by atoms with Gasteiger partial charge in [-0.25, -0.2) is 0 Å². The Morgan fingerprint density at radius 3 is 2.79 bits per heavy atom. The van der Waals surface area contributed by atoms with Gasteiger partial charge in [-0.2, -0.15) is 0 Å². The van der Waals surface area contributed by atoms with E-state index in [1.54, 1.807) is 0 Å². The summed E-state index contributed by atoms with van der Waals surface area (Å²) < 4.78 is 7.74. The quantitative estimate of drug-likeness (QED) is 0.779. The highest BCUT2D eigenvalue weighted by molar-refractivity contribution is 5.96. The number of hydrogen-bond acceptors (Lipinski definition) is 2. The molecule has 2 atom stereocenters. The maximum absolute atomic E-state index is 12.0. The highest BCUT2D eigenvalue weighted by Gasteiger charge is 2.32. The van der Waals surface area contributed by atoms with Crippen LogP contribution < -0.4 is 0 Å². The summed E-state index contributed by atoms with van der Waals surface area (Å²) in [5.74, 6) is 0.761. The molecule has 0 bridgehead atoms. The van der Waals surface area contributed by atoms with Gasteiger partial charge in [0.15, 0.2) is 5.78 Å². The van der Waals surface area contributed by atoms with E-state index in [0.717, 1.165) is 18.4 Å². The van der Waals surface area contributed by atoms with Crippen molar-refractivity contribution in [3.05, 3.63) is 24.0 Å². The number of nitrogens with zero attached hydrogens (tertiary/aromatic N) is 1. The monoisotopic (exact) mass is 263 g/mol. The number of carbonyl (C=O) groups excluding carboxylic acids is 1. The minimum atomic E-state index is 0.0802. The van der Waals surface area contributed by atoms with Crippen molar-refractivity contribution in [3.8, 4) is 0 Å². The van der Waals surface area contributed by atoms with Crippen LogP contribution in [-0.2, 0) is 11.8 Å². The molecule has 0 saturated heterocycles. The molecule has 3 heteroatoms. The van der Waals surface area contributed by atoms with Gasteiger partial charge in [-0.3, -0.25) is 4.79 Å². The standard InChI is InChI=1S/C16H25NO2/c1-12-7-14(9-16(2,3)8-12)19-11-15(18)13-5-6-17(4)10-13/h5-6,10,12,14H,7-9,11H2,1-4H3. The number of ether oxygens (including phenoxy) is 1. The van der Waals surface area contributed by atoms with Gasteiger partial charge >= 0.3 is 0 Å². The average molecular weight is 263 g/mol. The van der Waals surface area contributed by atoms with E-state index in [9.17, 15) is 4.79 Å². The minimum Gasteiger partial charge on any atom is -0.370 e. The summed E-state index contributed by atoms with van der Waals surface area (Å²) >= 11 is 0. The van der Waals surface area contributed by atoms with Crippen LogP contribution in [-0.4, -0.2) is 23.1 Å². The van der Waals surface area contributed by atoms with E-state index in [0.29, 0.717) is 11.3 Å². The first kappa shape index (κ1) is 14.3.